The van der Waals surface area contributed by atoms with E-state index < -0.39 is 19.9 Å². The molecule has 1 heterocycles. The van der Waals surface area contributed by atoms with Crippen LogP contribution in [0.5, 0.6) is 0 Å². The van der Waals surface area contributed by atoms with Crippen molar-refractivity contribution >= 4 is 19.9 Å². The van der Waals surface area contributed by atoms with Crippen molar-refractivity contribution in [1.29, 1.82) is 0 Å². The summed E-state index contributed by atoms with van der Waals surface area (Å²) in [5.41, 5.74) is 2.07. The first kappa shape index (κ1) is 21.0. The Hall–Kier alpha value is -1.74. The fraction of sp³-hybridized carbons (Fsp3) is 0.400. The molecular weight excluding hydrogens is 396 g/mol. The van der Waals surface area contributed by atoms with E-state index in [9.17, 15) is 16.8 Å². The average Bonchev–Trinajstić information content (AvgIpc) is 2.68. The van der Waals surface area contributed by atoms with Crippen LogP contribution in [0.25, 0.3) is 0 Å². The van der Waals surface area contributed by atoms with Crippen LogP contribution in [0.1, 0.15) is 30.4 Å². The molecule has 8 heteroatoms. The van der Waals surface area contributed by atoms with Crippen LogP contribution in [-0.2, 0) is 33.0 Å². The van der Waals surface area contributed by atoms with Crippen LogP contribution in [0.3, 0.4) is 0 Å². The Bertz CT molecular complexity index is 1010. The molecule has 2 aromatic carbocycles. The molecule has 0 bridgehead atoms. The van der Waals surface area contributed by atoms with Gasteiger partial charge in [-0.05, 0) is 61.3 Å². The Morgan fingerprint density at radius 3 is 2.00 bits per heavy atom. The number of sulfonamides is 1. The van der Waals surface area contributed by atoms with Crippen molar-refractivity contribution in [3.63, 3.8) is 0 Å². The number of hydrogen-bond acceptors (Lipinski definition) is 5. The molecule has 152 valence electrons. The van der Waals surface area contributed by atoms with Crippen LogP contribution in [-0.4, -0.2) is 41.1 Å². The lowest BCUT2D eigenvalue weighted by Crippen LogP contribution is -2.30. The number of likely N-dealkylation sites (tertiary alicyclic amines) is 1. The highest BCUT2D eigenvalue weighted by Gasteiger charge is 2.17. The Kier molecular flexibility index (Phi) is 6.54. The maximum Gasteiger partial charge on any atom is 0.240 e. The predicted octanol–water partition coefficient (Wildman–Crippen LogP) is 2.55. The van der Waals surface area contributed by atoms with Crippen LogP contribution in [0, 0.1) is 0 Å². The number of piperidine rings is 1. The van der Waals surface area contributed by atoms with E-state index in [2.05, 4.69) is 9.62 Å². The Balaban J connectivity index is 1.71. The molecule has 0 aromatic heterocycles. The van der Waals surface area contributed by atoms with Crippen molar-refractivity contribution in [2.24, 2.45) is 0 Å². The predicted molar refractivity (Wildman–Crippen MR) is 109 cm³/mol. The molecule has 3 rings (SSSR count). The molecule has 0 saturated carbocycles. The number of nitrogens with one attached hydrogen (secondary N) is 1. The lowest BCUT2D eigenvalue weighted by molar-refractivity contribution is 0.220. The zero-order valence-electron chi connectivity index (χ0n) is 16.0. The molecule has 1 aliphatic rings. The third-order valence-electron chi connectivity index (χ3n) is 4.98. The first-order chi connectivity index (χ1) is 13.3. The summed E-state index contributed by atoms with van der Waals surface area (Å²) in [6, 6.07) is 13.1. The number of benzene rings is 2. The minimum Gasteiger partial charge on any atom is -0.299 e. The highest BCUT2D eigenvalue weighted by atomic mass is 32.2. The first-order valence-electron chi connectivity index (χ1n) is 9.35. The van der Waals surface area contributed by atoms with Crippen molar-refractivity contribution < 1.29 is 16.8 Å². The Morgan fingerprint density at radius 1 is 0.821 bits per heavy atom. The van der Waals surface area contributed by atoms with Gasteiger partial charge in [0.05, 0.1) is 9.79 Å². The third-order valence-corrected chi connectivity index (χ3v) is 7.52. The molecule has 0 atom stereocenters. The van der Waals surface area contributed by atoms with E-state index >= 15 is 0 Å². The minimum absolute atomic E-state index is 0.0495. The molecule has 0 spiro atoms. The summed E-state index contributed by atoms with van der Waals surface area (Å²) in [6.45, 7) is 3.17. The van der Waals surface area contributed by atoms with Gasteiger partial charge >= 0.3 is 0 Å². The molecule has 0 radical (unpaired) electrons. The van der Waals surface area contributed by atoms with Gasteiger partial charge in [0.1, 0.15) is 0 Å². The molecule has 1 N–H and O–H groups in total. The topological polar surface area (TPSA) is 83.5 Å². The second kappa shape index (κ2) is 8.73. The van der Waals surface area contributed by atoms with Gasteiger partial charge in [0.25, 0.3) is 0 Å². The SMILES string of the molecule is CS(=O)(=O)c1ccc(S(=O)(=O)NCc2ccccc2CN2CCCCC2)cc1. The van der Waals surface area contributed by atoms with Gasteiger partial charge in [0.15, 0.2) is 9.84 Å². The standard InChI is InChI=1S/C20H26N2O4S2/c1-27(23,24)19-9-11-20(12-10-19)28(25,26)21-15-17-7-3-4-8-18(17)16-22-13-5-2-6-14-22/h3-4,7-12,21H,2,5-6,13-16H2,1H3. The van der Waals surface area contributed by atoms with Gasteiger partial charge in [0, 0.05) is 19.3 Å². The van der Waals surface area contributed by atoms with Gasteiger partial charge in [-0.3, -0.25) is 4.90 Å². The molecular formula is C20H26N2O4S2. The molecule has 0 amide bonds. The van der Waals surface area contributed by atoms with Gasteiger partial charge < -0.3 is 0 Å². The van der Waals surface area contributed by atoms with Crippen molar-refractivity contribution in [3.05, 3.63) is 59.7 Å². The lowest BCUT2D eigenvalue weighted by atomic mass is 10.1. The maximum atomic E-state index is 12.6. The highest BCUT2D eigenvalue weighted by Crippen LogP contribution is 2.18. The van der Waals surface area contributed by atoms with Crippen molar-refractivity contribution in [2.75, 3.05) is 19.3 Å². The molecule has 1 fully saturated rings. The summed E-state index contributed by atoms with van der Waals surface area (Å²) in [6.07, 6.45) is 4.78. The normalized spacial score (nSPS) is 16.2. The number of hydrogen-bond donors (Lipinski definition) is 1. The minimum atomic E-state index is -3.73. The highest BCUT2D eigenvalue weighted by molar-refractivity contribution is 7.90. The number of rotatable bonds is 7. The molecule has 0 aliphatic carbocycles. The van der Waals surface area contributed by atoms with E-state index in [1.54, 1.807) is 0 Å². The van der Waals surface area contributed by atoms with E-state index in [0.29, 0.717) is 0 Å². The van der Waals surface area contributed by atoms with Crippen LogP contribution < -0.4 is 4.72 Å². The summed E-state index contributed by atoms with van der Waals surface area (Å²) >= 11 is 0. The largest absolute Gasteiger partial charge is 0.299 e. The molecule has 1 aliphatic heterocycles. The quantitative estimate of drug-likeness (QED) is 0.741. The fourth-order valence-electron chi connectivity index (χ4n) is 3.36. The van der Waals surface area contributed by atoms with Gasteiger partial charge in [-0.2, -0.15) is 0 Å². The second-order valence-electron chi connectivity index (χ2n) is 7.17. The van der Waals surface area contributed by atoms with Crippen molar-refractivity contribution in [2.45, 2.75) is 42.1 Å². The Morgan fingerprint density at radius 2 is 1.39 bits per heavy atom. The van der Waals surface area contributed by atoms with Gasteiger partial charge in [0.2, 0.25) is 10.0 Å². The maximum absolute atomic E-state index is 12.6. The summed E-state index contributed by atoms with van der Waals surface area (Å²) in [4.78, 5) is 2.55. The summed E-state index contributed by atoms with van der Waals surface area (Å²) in [7, 11) is -7.09. The molecule has 6 nitrogen and oxygen atoms in total. The third kappa shape index (κ3) is 5.41. The first-order valence-corrected chi connectivity index (χ1v) is 12.7. The summed E-state index contributed by atoms with van der Waals surface area (Å²) in [5, 5.41) is 0. The molecule has 2 aromatic rings. The van der Waals surface area contributed by atoms with E-state index in [1.807, 2.05) is 24.3 Å². The molecule has 28 heavy (non-hydrogen) atoms. The van der Waals surface area contributed by atoms with Crippen LogP contribution >= 0.6 is 0 Å². The van der Waals surface area contributed by atoms with Crippen molar-refractivity contribution in [3.8, 4) is 0 Å². The van der Waals surface area contributed by atoms with Gasteiger partial charge in [-0.15, -0.1) is 0 Å². The number of sulfone groups is 1. The Labute approximate surface area is 167 Å². The lowest BCUT2D eigenvalue weighted by Gasteiger charge is -2.27. The van der Waals surface area contributed by atoms with Gasteiger partial charge in [-0.25, -0.2) is 21.6 Å². The van der Waals surface area contributed by atoms with E-state index in [4.69, 9.17) is 0 Å². The summed E-state index contributed by atoms with van der Waals surface area (Å²) < 4.78 is 50.9. The summed E-state index contributed by atoms with van der Waals surface area (Å²) in [5.74, 6) is 0. The van der Waals surface area contributed by atoms with Crippen LogP contribution in [0.2, 0.25) is 0 Å². The molecule has 1 saturated heterocycles. The fourth-order valence-corrected chi connectivity index (χ4v) is 5.00. The smallest absolute Gasteiger partial charge is 0.240 e. The zero-order chi connectivity index (χ0) is 20.2. The van der Waals surface area contributed by atoms with Gasteiger partial charge in [-0.1, -0.05) is 30.7 Å². The van der Waals surface area contributed by atoms with Crippen LogP contribution in [0.4, 0.5) is 0 Å². The van der Waals surface area contributed by atoms with E-state index in [0.717, 1.165) is 37.0 Å². The van der Waals surface area contributed by atoms with Crippen molar-refractivity contribution in [1.82, 2.24) is 9.62 Å². The van der Waals surface area contributed by atoms with E-state index in [1.165, 1.54) is 43.5 Å². The monoisotopic (exact) mass is 422 g/mol. The second-order valence-corrected chi connectivity index (χ2v) is 11.0. The average molecular weight is 423 g/mol. The molecule has 0 unspecified atom stereocenters. The number of nitrogens with zero attached hydrogens (tertiary/aromatic N) is 1. The zero-order valence-corrected chi connectivity index (χ0v) is 17.6. The van der Waals surface area contributed by atoms with Crippen LogP contribution in [0.15, 0.2) is 58.3 Å². The van der Waals surface area contributed by atoms with E-state index in [-0.39, 0.29) is 16.3 Å².